The monoisotopic (exact) mass is 377 g/mol. The molecule has 2 aromatic carbocycles. The van der Waals surface area contributed by atoms with Gasteiger partial charge >= 0.3 is 0 Å². The van der Waals surface area contributed by atoms with Crippen LogP contribution in [-0.4, -0.2) is 53.5 Å². The normalized spacial score (nSPS) is 16.8. The fourth-order valence-electron chi connectivity index (χ4n) is 3.38. The zero-order chi connectivity index (χ0) is 19.5. The molecule has 28 heavy (non-hydrogen) atoms. The second-order valence-corrected chi connectivity index (χ2v) is 6.83. The maximum absolute atomic E-state index is 13.3. The predicted octanol–water partition coefficient (Wildman–Crippen LogP) is 3.41. The van der Waals surface area contributed by atoms with E-state index in [-0.39, 0.29) is 12.0 Å². The number of methoxy groups -OCH3 is 1. The second-order valence-electron chi connectivity index (χ2n) is 6.83. The van der Waals surface area contributed by atoms with Gasteiger partial charge in [-0.25, -0.2) is 4.68 Å². The first-order valence-corrected chi connectivity index (χ1v) is 9.36. The molecule has 1 atom stereocenters. The van der Waals surface area contributed by atoms with Crippen LogP contribution in [0.2, 0.25) is 0 Å². The van der Waals surface area contributed by atoms with Crippen molar-refractivity contribution in [3.63, 3.8) is 0 Å². The number of carbonyl (C=O) groups is 1. The lowest BCUT2D eigenvalue weighted by atomic mass is 10.1. The molecule has 1 aliphatic rings. The van der Waals surface area contributed by atoms with Crippen molar-refractivity contribution in [1.29, 1.82) is 0 Å². The highest BCUT2D eigenvalue weighted by Crippen LogP contribution is 2.27. The highest BCUT2D eigenvalue weighted by molar-refractivity contribution is 6.00. The Bertz CT molecular complexity index is 951. The van der Waals surface area contributed by atoms with Gasteiger partial charge < -0.3 is 14.4 Å². The smallest absolute Gasteiger partial charge is 0.257 e. The molecule has 1 amide bonds. The Balaban J connectivity index is 1.76. The number of benzene rings is 2. The first-order chi connectivity index (χ1) is 13.7. The zero-order valence-corrected chi connectivity index (χ0v) is 16.0. The summed E-state index contributed by atoms with van der Waals surface area (Å²) in [5.74, 6) is 0.740. The number of ether oxygens (including phenoxy) is 2. The number of hydrogen-bond donors (Lipinski definition) is 0. The van der Waals surface area contributed by atoms with Crippen LogP contribution < -0.4 is 4.74 Å². The molecule has 0 spiro atoms. The Hall–Kier alpha value is -3.12. The van der Waals surface area contributed by atoms with Crippen molar-refractivity contribution in [3.8, 4) is 22.7 Å². The van der Waals surface area contributed by atoms with Crippen LogP contribution in [0.25, 0.3) is 16.9 Å². The minimum Gasteiger partial charge on any atom is -0.497 e. The van der Waals surface area contributed by atoms with Gasteiger partial charge in [0.15, 0.2) is 0 Å². The van der Waals surface area contributed by atoms with Crippen molar-refractivity contribution in [3.05, 3.63) is 66.4 Å². The van der Waals surface area contributed by atoms with E-state index in [0.717, 1.165) is 17.0 Å². The van der Waals surface area contributed by atoms with Gasteiger partial charge in [-0.15, -0.1) is 0 Å². The number of rotatable bonds is 4. The summed E-state index contributed by atoms with van der Waals surface area (Å²) in [6.45, 7) is 3.70. The average Bonchev–Trinajstić information content (AvgIpc) is 3.19. The van der Waals surface area contributed by atoms with Gasteiger partial charge in [0.2, 0.25) is 0 Å². The Morgan fingerprint density at radius 2 is 1.89 bits per heavy atom. The number of amides is 1. The SMILES string of the molecule is COc1ccc(-c2nn(-c3ccccc3)cc2C(=O)N2CCOC(C)C2)cc1. The third-order valence-corrected chi connectivity index (χ3v) is 4.86. The van der Waals surface area contributed by atoms with Gasteiger partial charge in [0, 0.05) is 24.8 Å². The molecule has 0 N–H and O–H groups in total. The predicted molar refractivity (Wildman–Crippen MR) is 107 cm³/mol. The Kier molecular flexibility index (Phi) is 5.12. The Morgan fingerprint density at radius 1 is 1.14 bits per heavy atom. The number of aromatic nitrogens is 2. The van der Waals surface area contributed by atoms with Gasteiger partial charge in [0.25, 0.3) is 5.91 Å². The molecule has 1 aromatic heterocycles. The van der Waals surface area contributed by atoms with E-state index in [9.17, 15) is 4.79 Å². The van der Waals surface area contributed by atoms with E-state index < -0.39 is 0 Å². The topological polar surface area (TPSA) is 56.6 Å². The molecular formula is C22H23N3O3. The molecule has 0 bridgehead atoms. The van der Waals surface area contributed by atoms with E-state index >= 15 is 0 Å². The third kappa shape index (κ3) is 3.64. The summed E-state index contributed by atoms with van der Waals surface area (Å²) < 4.78 is 12.6. The molecule has 2 heterocycles. The molecule has 1 unspecified atom stereocenters. The van der Waals surface area contributed by atoms with Crippen LogP contribution in [0.3, 0.4) is 0 Å². The first-order valence-electron chi connectivity index (χ1n) is 9.36. The number of morpholine rings is 1. The maximum atomic E-state index is 13.3. The second kappa shape index (κ2) is 7.86. The van der Waals surface area contributed by atoms with E-state index in [4.69, 9.17) is 14.6 Å². The quantitative estimate of drug-likeness (QED) is 0.699. The highest BCUT2D eigenvalue weighted by atomic mass is 16.5. The van der Waals surface area contributed by atoms with Crippen molar-refractivity contribution in [1.82, 2.24) is 14.7 Å². The summed E-state index contributed by atoms with van der Waals surface area (Å²) in [4.78, 5) is 15.1. The number of nitrogens with zero attached hydrogens (tertiary/aromatic N) is 3. The van der Waals surface area contributed by atoms with Gasteiger partial charge in [0.1, 0.15) is 11.4 Å². The molecule has 0 aliphatic carbocycles. The first kappa shape index (κ1) is 18.3. The van der Waals surface area contributed by atoms with E-state index in [1.54, 1.807) is 11.8 Å². The number of para-hydroxylation sites is 1. The largest absolute Gasteiger partial charge is 0.497 e. The Morgan fingerprint density at radius 3 is 2.57 bits per heavy atom. The van der Waals surface area contributed by atoms with Crippen molar-refractivity contribution in [2.75, 3.05) is 26.8 Å². The number of hydrogen-bond acceptors (Lipinski definition) is 4. The molecule has 6 nitrogen and oxygen atoms in total. The van der Waals surface area contributed by atoms with E-state index in [2.05, 4.69) is 0 Å². The van der Waals surface area contributed by atoms with Gasteiger partial charge in [0.05, 0.1) is 31.1 Å². The summed E-state index contributed by atoms with van der Waals surface area (Å²) in [7, 11) is 1.63. The molecule has 1 aliphatic heterocycles. The summed E-state index contributed by atoms with van der Waals surface area (Å²) in [5.41, 5.74) is 3.03. The fourth-order valence-corrected chi connectivity index (χ4v) is 3.38. The van der Waals surface area contributed by atoms with Crippen molar-refractivity contribution < 1.29 is 14.3 Å². The summed E-state index contributed by atoms with van der Waals surface area (Å²) in [6.07, 6.45) is 1.85. The molecule has 144 valence electrons. The fraction of sp³-hybridized carbons (Fsp3) is 0.273. The maximum Gasteiger partial charge on any atom is 0.257 e. The van der Waals surface area contributed by atoms with Gasteiger partial charge in [-0.05, 0) is 43.3 Å². The van der Waals surface area contributed by atoms with Gasteiger partial charge in [-0.1, -0.05) is 18.2 Å². The number of carbonyl (C=O) groups excluding carboxylic acids is 1. The van der Waals surface area contributed by atoms with Crippen molar-refractivity contribution in [2.24, 2.45) is 0 Å². The van der Waals surface area contributed by atoms with E-state index in [0.29, 0.717) is 31.0 Å². The lowest BCUT2D eigenvalue weighted by Gasteiger charge is -2.31. The standard InChI is InChI=1S/C22H23N3O3/c1-16-14-24(12-13-28-16)22(26)20-15-25(18-6-4-3-5-7-18)23-21(20)17-8-10-19(27-2)11-9-17/h3-11,15-16H,12-14H2,1-2H3. The van der Waals surface area contributed by atoms with Crippen molar-refractivity contribution >= 4 is 5.91 Å². The van der Waals surface area contributed by atoms with Gasteiger partial charge in [-0.3, -0.25) is 4.79 Å². The lowest BCUT2D eigenvalue weighted by molar-refractivity contribution is -0.0123. The molecule has 0 radical (unpaired) electrons. The minimum atomic E-state index is -0.0249. The van der Waals surface area contributed by atoms with Crippen LogP contribution >= 0.6 is 0 Å². The minimum absolute atomic E-state index is 0.0249. The van der Waals surface area contributed by atoms with E-state index in [1.807, 2.05) is 72.6 Å². The third-order valence-electron chi connectivity index (χ3n) is 4.86. The molecule has 3 aromatic rings. The van der Waals surface area contributed by atoms with Crippen LogP contribution in [-0.2, 0) is 4.74 Å². The average molecular weight is 377 g/mol. The van der Waals surface area contributed by atoms with Crippen LogP contribution in [0.5, 0.6) is 5.75 Å². The highest BCUT2D eigenvalue weighted by Gasteiger charge is 2.27. The van der Waals surface area contributed by atoms with Crippen LogP contribution in [0.4, 0.5) is 0 Å². The summed E-state index contributed by atoms with van der Waals surface area (Å²) in [5, 5.41) is 4.74. The van der Waals surface area contributed by atoms with Gasteiger partial charge in [-0.2, -0.15) is 5.10 Å². The van der Waals surface area contributed by atoms with Crippen LogP contribution in [0.1, 0.15) is 17.3 Å². The molecule has 4 rings (SSSR count). The molecule has 0 saturated carbocycles. The summed E-state index contributed by atoms with van der Waals surface area (Å²) in [6, 6.07) is 17.4. The van der Waals surface area contributed by atoms with E-state index in [1.165, 1.54) is 0 Å². The summed E-state index contributed by atoms with van der Waals surface area (Å²) >= 11 is 0. The van der Waals surface area contributed by atoms with Crippen molar-refractivity contribution in [2.45, 2.75) is 13.0 Å². The Labute approximate surface area is 164 Å². The van der Waals surface area contributed by atoms with Crippen LogP contribution in [0.15, 0.2) is 60.8 Å². The van der Waals surface area contributed by atoms with Crippen LogP contribution in [0, 0.1) is 0 Å². The zero-order valence-electron chi connectivity index (χ0n) is 16.0. The lowest BCUT2D eigenvalue weighted by Crippen LogP contribution is -2.44. The molecular weight excluding hydrogens is 354 g/mol. The molecule has 6 heteroatoms. The molecule has 1 saturated heterocycles. The molecule has 1 fully saturated rings.